The fraction of sp³-hybridized carbons (Fsp3) is 0.400. The molecule has 0 aliphatic heterocycles. The van der Waals surface area contributed by atoms with Gasteiger partial charge in [0.2, 0.25) is 11.9 Å². The number of ether oxygens (including phenoxy) is 1. The van der Waals surface area contributed by atoms with Crippen molar-refractivity contribution < 1.29 is 14.3 Å². The van der Waals surface area contributed by atoms with Crippen LogP contribution in [0.2, 0.25) is 0 Å². The van der Waals surface area contributed by atoms with E-state index in [-0.39, 0.29) is 11.9 Å². The van der Waals surface area contributed by atoms with Gasteiger partial charge >= 0.3 is 5.97 Å². The predicted molar refractivity (Wildman–Crippen MR) is 105 cm³/mol. The Morgan fingerprint density at radius 2 is 1.74 bits per heavy atom. The van der Waals surface area contributed by atoms with Gasteiger partial charge in [0, 0.05) is 30.0 Å². The van der Waals surface area contributed by atoms with Gasteiger partial charge in [0.1, 0.15) is 0 Å². The van der Waals surface area contributed by atoms with Crippen LogP contribution in [-0.2, 0) is 9.53 Å². The average Bonchev–Trinajstić information content (AvgIpc) is 2.63. The third-order valence-corrected chi connectivity index (χ3v) is 3.69. The summed E-state index contributed by atoms with van der Waals surface area (Å²) in [7, 11) is 0. The number of esters is 1. The Kier molecular flexibility index (Phi) is 7.73. The number of carbonyl (C=O) groups excluding carboxylic acids is 2. The zero-order valence-corrected chi connectivity index (χ0v) is 16.0. The lowest BCUT2D eigenvalue weighted by Gasteiger charge is -2.08. The lowest BCUT2D eigenvalue weighted by molar-refractivity contribution is -0.116. The molecule has 1 aromatic carbocycles. The fourth-order valence-corrected chi connectivity index (χ4v) is 2.45. The topological polar surface area (TPSA) is 93.2 Å². The van der Waals surface area contributed by atoms with Crippen molar-refractivity contribution in [2.24, 2.45) is 0 Å². The van der Waals surface area contributed by atoms with Crippen molar-refractivity contribution in [3.05, 3.63) is 47.3 Å². The molecule has 0 saturated carbocycles. The third-order valence-electron chi connectivity index (χ3n) is 3.69. The summed E-state index contributed by atoms with van der Waals surface area (Å²) in [5, 5.41) is 5.95. The second kappa shape index (κ2) is 10.3. The number of amides is 1. The molecular formula is C20H26N4O3. The monoisotopic (exact) mass is 370 g/mol. The van der Waals surface area contributed by atoms with E-state index in [0.29, 0.717) is 43.2 Å². The number of rotatable bonds is 9. The molecule has 1 amide bonds. The molecule has 7 heteroatoms. The first-order chi connectivity index (χ1) is 13.0. The van der Waals surface area contributed by atoms with Crippen LogP contribution in [0.25, 0.3) is 0 Å². The number of aryl methyl sites for hydroxylation is 2. The van der Waals surface area contributed by atoms with Crippen LogP contribution in [0.3, 0.4) is 0 Å². The summed E-state index contributed by atoms with van der Waals surface area (Å²) in [6.07, 6.45) is 1.81. The summed E-state index contributed by atoms with van der Waals surface area (Å²) < 4.78 is 5.07. The van der Waals surface area contributed by atoms with Gasteiger partial charge in [0.25, 0.3) is 0 Å². The summed E-state index contributed by atoms with van der Waals surface area (Å²) in [6.45, 7) is 6.79. The maximum atomic E-state index is 12.0. The van der Waals surface area contributed by atoms with Gasteiger partial charge in [-0.3, -0.25) is 4.79 Å². The molecule has 0 fully saturated rings. The van der Waals surface area contributed by atoms with Gasteiger partial charge in [-0.15, -0.1) is 0 Å². The Balaban J connectivity index is 1.73. The van der Waals surface area contributed by atoms with E-state index in [1.54, 1.807) is 24.3 Å². The van der Waals surface area contributed by atoms with E-state index in [2.05, 4.69) is 20.6 Å². The summed E-state index contributed by atoms with van der Waals surface area (Å²) in [5.41, 5.74) is 2.94. The third kappa shape index (κ3) is 7.05. The van der Waals surface area contributed by atoms with Crippen molar-refractivity contribution in [3.63, 3.8) is 0 Å². The molecule has 0 atom stereocenters. The number of hydrogen-bond acceptors (Lipinski definition) is 6. The molecule has 2 rings (SSSR count). The number of anilines is 2. The first kappa shape index (κ1) is 20.4. The molecule has 0 bridgehead atoms. The number of nitrogens with zero attached hydrogens (tertiary/aromatic N) is 2. The first-order valence-corrected chi connectivity index (χ1v) is 9.11. The molecule has 7 nitrogen and oxygen atoms in total. The van der Waals surface area contributed by atoms with Crippen LogP contribution < -0.4 is 10.6 Å². The minimum Gasteiger partial charge on any atom is -0.462 e. The van der Waals surface area contributed by atoms with Crippen LogP contribution in [0.15, 0.2) is 30.3 Å². The van der Waals surface area contributed by atoms with Gasteiger partial charge in [-0.25, -0.2) is 14.8 Å². The van der Waals surface area contributed by atoms with Crippen LogP contribution in [0.1, 0.15) is 47.9 Å². The SMILES string of the molecule is CCCOC(=O)c1ccc(NC(=O)CCCNc2nc(C)cc(C)n2)cc1. The summed E-state index contributed by atoms with van der Waals surface area (Å²) >= 11 is 0. The first-order valence-electron chi connectivity index (χ1n) is 9.11. The molecule has 27 heavy (non-hydrogen) atoms. The lowest BCUT2D eigenvalue weighted by Crippen LogP contribution is -2.14. The summed E-state index contributed by atoms with van der Waals surface area (Å²) in [4.78, 5) is 32.4. The average molecular weight is 370 g/mol. The van der Waals surface area contributed by atoms with Crippen LogP contribution in [0, 0.1) is 13.8 Å². The Hall–Kier alpha value is -2.96. The number of aromatic nitrogens is 2. The van der Waals surface area contributed by atoms with Crippen molar-refractivity contribution in [2.45, 2.75) is 40.0 Å². The van der Waals surface area contributed by atoms with E-state index < -0.39 is 0 Å². The highest BCUT2D eigenvalue weighted by Gasteiger charge is 2.08. The molecule has 0 spiro atoms. The minimum atomic E-state index is -0.352. The van der Waals surface area contributed by atoms with Crippen molar-refractivity contribution in [3.8, 4) is 0 Å². The zero-order chi connectivity index (χ0) is 19.6. The normalized spacial score (nSPS) is 10.3. The van der Waals surface area contributed by atoms with Gasteiger partial charge in [0.15, 0.2) is 0 Å². The molecule has 0 radical (unpaired) electrons. The smallest absolute Gasteiger partial charge is 0.338 e. The van der Waals surface area contributed by atoms with Crippen molar-refractivity contribution >= 4 is 23.5 Å². The molecular weight excluding hydrogens is 344 g/mol. The second-order valence-corrected chi connectivity index (χ2v) is 6.27. The van der Waals surface area contributed by atoms with E-state index in [0.717, 1.165) is 17.8 Å². The largest absolute Gasteiger partial charge is 0.462 e. The molecule has 1 aromatic heterocycles. The lowest BCUT2D eigenvalue weighted by atomic mass is 10.2. The van der Waals surface area contributed by atoms with Gasteiger partial charge in [0.05, 0.1) is 12.2 Å². The Bertz CT molecular complexity index is 755. The highest BCUT2D eigenvalue weighted by Crippen LogP contribution is 2.11. The van der Waals surface area contributed by atoms with E-state index in [9.17, 15) is 9.59 Å². The van der Waals surface area contributed by atoms with E-state index >= 15 is 0 Å². The Labute approximate surface area is 159 Å². The highest BCUT2D eigenvalue weighted by molar-refractivity contribution is 5.93. The molecule has 1 heterocycles. The Morgan fingerprint density at radius 3 is 2.37 bits per heavy atom. The Morgan fingerprint density at radius 1 is 1.07 bits per heavy atom. The number of hydrogen-bond donors (Lipinski definition) is 2. The zero-order valence-electron chi connectivity index (χ0n) is 16.0. The van der Waals surface area contributed by atoms with Crippen molar-refractivity contribution in [1.29, 1.82) is 0 Å². The molecule has 2 aromatic rings. The molecule has 0 unspecified atom stereocenters. The molecule has 0 saturated heterocycles. The second-order valence-electron chi connectivity index (χ2n) is 6.27. The van der Waals surface area contributed by atoms with Crippen LogP contribution in [-0.4, -0.2) is 35.0 Å². The highest BCUT2D eigenvalue weighted by atomic mass is 16.5. The number of benzene rings is 1. The van der Waals surface area contributed by atoms with Gasteiger partial charge in [-0.05, 0) is 57.0 Å². The van der Waals surface area contributed by atoms with E-state index in [1.807, 2.05) is 26.8 Å². The van der Waals surface area contributed by atoms with Gasteiger partial charge in [-0.2, -0.15) is 0 Å². The predicted octanol–water partition coefficient (Wildman–Crippen LogP) is 3.49. The van der Waals surface area contributed by atoms with Gasteiger partial charge < -0.3 is 15.4 Å². The molecule has 2 N–H and O–H groups in total. The molecule has 0 aliphatic carbocycles. The quantitative estimate of drug-likeness (QED) is 0.518. The number of nitrogens with one attached hydrogen (secondary N) is 2. The maximum Gasteiger partial charge on any atom is 0.338 e. The maximum absolute atomic E-state index is 12.0. The standard InChI is InChI=1S/C20H26N4O3/c1-4-12-27-19(26)16-7-9-17(10-8-16)24-18(25)6-5-11-21-20-22-14(2)13-15(3)23-20/h7-10,13H,4-6,11-12H2,1-3H3,(H,24,25)(H,21,22,23). The van der Waals surface area contributed by atoms with Crippen LogP contribution in [0.4, 0.5) is 11.6 Å². The van der Waals surface area contributed by atoms with E-state index in [1.165, 1.54) is 0 Å². The van der Waals surface area contributed by atoms with Crippen molar-refractivity contribution in [1.82, 2.24) is 9.97 Å². The van der Waals surface area contributed by atoms with Crippen LogP contribution >= 0.6 is 0 Å². The van der Waals surface area contributed by atoms with Crippen molar-refractivity contribution in [2.75, 3.05) is 23.8 Å². The summed E-state index contributed by atoms with van der Waals surface area (Å²) in [5.74, 6) is 0.146. The van der Waals surface area contributed by atoms with E-state index in [4.69, 9.17) is 4.74 Å². The fourth-order valence-electron chi connectivity index (χ4n) is 2.45. The van der Waals surface area contributed by atoms with Crippen LogP contribution in [0.5, 0.6) is 0 Å². The summed E-state index contributed by atoms with van der Waals surface area (Å²) in [6, 6.07) is 8.59. The number of carbonyl (C=O) groups is 2. The molecule has 0 aliphatic rings. The van der Waals surface area contributed by atoms with Gasteiger partial charge in [-0.1, -0.05) is 6.92 Å². The minimum absolute atomic E-state index is 0.0838. The molecule has 144 valence electrons.